The van der Waals surface area contributed by atoms with Crippen molar-refractivity contribution in [3.63, 3.8) is 0 Å². The summed E-state index contributed by atoms with van der Waals surface area (Å²) >= 11 is 5.95. The van der Waals surface area contributed by atoms with Gasteiger partial charge in [-0.1, -0.05) is 24.6 Å². The van der Waals surface area contributed by atoms with E-state index in [9.17, 15) is 9.90 Å². The van der Waals surface area contributed by atoms with Gasteiger partial charge >= 0.3 is 5.97 Å². The third-order valence-corrected chi connectivity index (χ3v) is 3.01. The van der Waals surface area contributed by atoms with Gasteiger partial charge in [0, 0.05) is 0 Å². The maximum atomic E-state index is 10.7. The highest BCUT2D eigenvalue weighted by molar-refractivity contribution is 6.32. The molecule has 1 unspecified atom stereocenters. The van der Waals surface area contributed by atoms with Crippen LogP contribution < -0.4 is 4.74 Å². The van der Waals surface area contributed by atoms with Crippen LogP contribution in [0.3, 0.4) is 0 Å². The lowest BCUT2D eigenvalue weighted by atomic mass is 9.88. The first-order valence-corrected chi connectivity index (χ1v) is 5.59. The van der Waals surface area contributed by atoms with Crippen molar-refractivity contribution in [2.75, 3.05) is 7.11 Å². The molecule has 4 nitrogen and oxygen atoms in total. The molecule has 0 aromatic heterocycles. The Morgan fingerprint density at radius 3 is 2.59 bits per heavy atom. The van der Waals surface area contributed by atoms with E-state index in [-0.39, 0.29) is 6.42 Å². The van der Waals surface area contributed by atoms with Crippen molar-refractivity contribution >= 4 is 17.6 Å². The zero-order chi connectivity index (χ0) is 13.1. The van der Waals surface area contributed by atoms with Gasteiger partial charge in [0.25, 0.3) is 0 Å². The van der Waals surface area contributed by atoms with Crippen LogP contribution in [0.1, 0.15) is 25.3 Å². The summed E-state index contributed by atoms with van der Waals surface area (Å²) in [6, 6.07) is 4.77. The average Bonchev–Trinajstić information content (AvgIpc) is 2.27. The Hall–Kier alpha value is -1.26. The minimum Gasteiger partial charge on any atom is -0.495 e. The summed E-state index contributed by atoms with van der Waals surface area (Å²) in [6.07, 6.45) is -0.0614. The molecule has 5 heteroatoms. The summed E-state index contributed by atoms with van der Waals surface area (Å²) < 4.78 is 5.00. The number of aliphatic hydroxyl groups is 1. The number of benzene rings is 1. The van der Waals surface area contributed by atoms with E-state index >= 15 is 0 Å². The lowest BCUT2D eigenvalue weighted by molar-refractivity contribution is -0.143. The highest BCUT2D eigenvalue weighted by Crippen LogP contribution is 2.34. The molecule has 0 aliphatic rings. The summed E-state index contributed by atoms with van der Waals surface area (Å²) in [5.74, 6) is -0.564. The zero-order valence-corrected chi connectivity index (χ0v) is 10.5. The van der Waals surface area contributed by atoms with E-state index in [1.165, 1.54) is 13.2 Å². The van der Waals surface area contributed by atoms with Crippen LogP contribution in [-0.2, 0) is 10.4 Å². The van der Waals surface area contributed by atoms with Crippen LogP contribution in [0.4, 0.5) is 0 Å². The number of carboxylic acids is 1. The summed E-state index contributed by atoms with van der Waals surface area (Å²) in [4.78, 5) is 10.7. The molecule has 1 rings (SSSR count). The number of hydrogen-bond donors (Lipinski definition) is 2. The molecule has 0 radical (unpaired) electrons. The van der Waals surface area contributed by atoms with Gasteiger partial charge in [-0.3, -0.25) is 4.79 Å². The van der Waals surface area contributed by atoms with Crippen molar-refractivity contribution in [1.29, 1.82) is 0 Å². The molecule has 1 atom stereocenters. The third kappa shape index (κ3) is 3.11. The highest BCUT2D eigenvalue weighted by Gasteiger charge is 2.30. The number of rotatable bonds is 5. The molecule has 0 fully saturated rings. The summed E-state index contributed by atoms with van der Waals surface area (Å²) in [6.45, 7) is 1.72. The van der Waals surface area contributed by atoms with E-state index in [1.54, 1.807) is 19.1 Å². The van der Waals surface area contributed by atoms with Crippen LogP contribution in [0.2, 0.25) is 5.02 Å². The molecule has 17 heavy (non-hydrogen) atoms. The first-order valence-electron chi connectivity index (χ1n) is 5.21. The van der Waals surface area contributed by atoms with Crippen molar-refractivity contribution in [2.24, 2.45) is 0 Å². The maximum absolute atomic E-state index is 10.7. The van der Waals surface area contributed by atoms with Gasteiger partial charge in [-0.25, -0.2) is 0 Å². The second-order valence-electron chi connectivity index (χ2n) is 3.80. The second-order valence-corrected chi connectivity index (χ2v) is 4.21. The van der Waals surface area contributed by atoms with Crippen molar-refractivity contribution in [2.45, 2.75) is 25.4 Å². The Morgan fingerprint density at radius 1 is 1.53 bits per heavy atom. The predicted octanol–water partition coefficient (Wildman–Crippen LogP) is 2.42. The van der Waals surface area contributed by atoms with E-state index in [2.05, 4.69) is 0 Å². The molecule has 0 aliphatic carbocycles. The molecule has 0 amide bonds. The van der Waals surface area contributed by atoms with Crippen LogP contribution in [0, 0.1) is 0 Å². The summed E-state index contributed by atoms with van der Waals surface area (Å²) in [5, 5.41) is 19.4. The smallest absolute Gasteiger partial charge is 0.306 e. The van der Waals surface area contributed by atoms with Gasteiger partial charge in [-0.2, -0.15) is 0 Å². The van der Waals surface area contributed by atoms with Crippen LogP contribution in [0.5, 0.6) is 5.75 Å². The molecule has 94 valence electrons. The quantitative estimate of drug-likeness (QED) is 0.851. The average molecular weight is 259 g/mol. The SMILES string of the molecule is CCC(O)(CC(=O)O)c1ccc(OC)c(Cl)c1. The number of carboxylic acid groups (broad SMARTS) is 1. The fourth-order valence-corrected chi connectivity index (χ4v) is 1.89. The molecular weight excluding hydrogens is 244 g/mol. The van der Waals surface area contributed by atoms with Gasteiger partial charge in [0.15, 0.2) is 0 Å². The first-order chi connectivity index (χ1) is 7.92. The highest BCUT2D eigenvalue weighted by atomic mass is 35.5. The topological polar surface area (TPSA) is 66.8 Å². The number of methoxy groups -OCH3 is 1. The molecule has 1 aromatic carbocycles. The van der Waals surface area contributed by atoms with Gasteiger partial charge in [0.05, 0.1) is 24.2 Å². The predicted molar refractivity (Wildman–Crippen MR) is 64.4 cm³/mol. The van der Waals surface area contributed by atoms with Crippen molar-refractivity contribution in [3.8, 4) is 5.75 Å². The lowest BCUT2D eigenvalue weighted by Crippen LogP contribution is -2.28. The fraction of sp³-hybridized carbons (Fsp3) is 0.417. The normalized spacial score (nSPS) is 14.1. The van der Waals surface area contributed by atoms with Crippen molar-refractivity contribution in [1.82, 2.24) is 0 Å². The standard InChI is InChI=1S/C12H15ClO4/c1-3-12(16,7-11(14)15)8-4-5-10(17-2)9(13)6-8/h4-6,16H,3,7H2,1-2H3,(H,14,15). The number of ether oxygens (including phenoxy) is 1. The van der Waals surface area contributed by atoms with E-state index in [0.29, 0.717) is 22.8 Å². The summed E-state index contributed by atoms with van der Waals surface area (Å²) in [5.41, 5.74) is -0.921. The van der Waals surface area contributed by atoms with E-state index in [0.717, 1.165) is 0 Å². The molecular formula is C12H15ClO4. The first kappa shape index (κ1) is 13.8. The Morgan fingerprint density at radius 2 is 2.18 bits per heavy atom. The summed E-state index contributed by atoms with van der Waals surface area (Å²) in [7, 11) is 1.49. The van der Waals surface area contributed by atoms with Gasteiger partial charge in [0.1, 0.15) is 5.75 Å². The van der Waals surface area contributed by atoms with E-state index < -0.39 is 11.6 Å². The Labute approximate surface area is 105 Å². The van der Waals surface area contributed by atoms with Gasteiger partial charge < -0.3 is 14.9 Å². The van der Waals surface area contributed by atoms with Crippen LogP contribution in [-0.4, -0.2) is 23.3 Å². The minimum absolute atomic E-state index is 0.294. The molecule has 1 aromatic rings. The van der Waals surface area contributed by atoms with Gasteiger partial charge in [0.2, 0.25) is 0 Å². The Kier molecular flexibility index (Phi) is 4.37. The Bertz CT molecular complexity index is 419. The van der Waals surface area contributed by atoms with Crippen LogP contribution >= 0.6 is 11.6 Å². The Balaban J connectivity index is 3.12. The number of halogens is 1. The third-order valence-electron chi connectivity index (χ3n) is 2.72. The number of carbonyl (C=O) groups is 1. The second kappa shape index (κ2) is 5.38. The lowest BCUT2D eigenvalue weighted by Gasteiger charge is -2.25. The van der Waals surface area contributed by atoms with E-state index in [4.69, 9.17) is 21.4 Å². The van der Waals surface area contributed by atoms with Gasteiger partial charge in [-0.15, -0.1) is 0 Å². The van der Waals surface area contributed by atoms with Crippen molar-refractivity contribution in [3.05, 3.63) is 28.8 Å². The molecule has 0 spiro atoms. The monoisotopic (exact) mass is 258 g/mol. The van der Waals surface area contributed by atoms with Crippen molar-refractivity contribution < 1.29 is 19.7 Å². The van der Waals surface area contributed by atoms with Gasteiger partial charge in [-0.05, 0) is 24.1 Å². The minimum atomic E-state index is -1.40. The number of aliphatic carboxylic acids is 1. The zero-order valence-electron chi connectivity index (χ0n) is 9.74. The number of hydrogen-bond acceptors (Lipinski definition) is 3. The van der Waals surface area contributed by atoms with Crippen LogP contribution in [0.25, 0.3) is 0 Å². The maximum Gasteiger partial charge on any atom is 0.306 e. The van der Waals surface area contributed by atoms with E-state index in [1.807, 2.05) is 0 Å². The fourth-order valence-electron chi connectivity index (χ4n) is 1.64. The molecule has 0 bridgehead atoms. The molecule has 0 aliphatic heterocycles. The molecule has 0 saturated carbocycles. The molecule has 0 saturated heterocycles. The largest absolute Gasteiger partial charge is 0.495 e. The molecule has 0 heterocycles. The molecule has 2 N–H and O–H groups in total. The van der Waals surface area contributed by atoms with Crippen LogP contribution in [0.15, 0.2) is 18.2 Å².